The van der Waals surface area contributed by atoms with E-state index in [0.29, 0.717) is 11.4 Å². The first kappa shape index (κ1) is 17.7. The quantitative estimate of drug-likeness (QED) is 0.627. The van der Waals surface area contributed by atoms with Gasteiger partial charge in [-0.25, -0.2) is 4.68 Å². The van der Waals surface area contributed by atoms with Gasteiger partial charge in [0.15, 0.2) is 5.78 Å². The van der Waals surface area contributed by atoms with Crippen molar-refractivity contribution in [3.63, 3.8) is 0 Å². The number of aromatic nitrogens is 2. The van der Waals surface area contributed by atoms with Crippen molar-refractivity contribution in [3.8, 4) is 5.69 Å². The van der Waals surface area contributed by atoms with E-state index in [-0.39, 0.29) is 18.1 Å². The number of amides is 1. The largest absolute Gasteiger partial charge is 0.310 e. The molecular formula is C21H18BrN3O2. The van der Waals surface area contributed by atoms with Gasteiger partial charge < -0.3 is 5.32 Å². The first-order chi connectivity index (χ1) is 12.9. The van der Waals surface area contributed by atoms with Crippen molar-refractivity contribution in [1.82, 2.24) is 9.78 Å². The molecule has 0 aliphatic carbocycles. The van der Waals surface area contributed by atoms with Gasteiger partial charge in [-0.3, -0.25) is 9.59 Å². The van der Waals surface area contributed by atoms with Gasteiger partial charge >= 0.3 is 0 Å². The maximum absolute atomic E-state index is 13.1. The molecule has 1 aliphatic heterocycles. The van der Waals surface area contributed by atoms with E-state index in [9.17, 15) is 9.59 Å². The highest BCUT2D eigenvalue weighted by Gasteiger charge is 2.36. The number of Topliss-reactive ketones (excluding diaryl/α,β-unsaturated/α-hetero) is 1. The Morgan fingerprint density at radius 1 is 1.11 bits per heavy atom. The number of fused-ring (bicyclic) bond motifs is 1. The van der Waals surface area contributed by atoms with Crippen LogP contribution in [0.5, 0.6) is 0 Å². The lowest BCUT2D eigenvalue weighted by Crippen LogP contribution is -2.28. The molecule has 5 nitrogen and oxygen atoms in total. The Kier molecular flexibility index (Phi) is 4.44. The first-order valence-electron chi connectivity index (χ1n) is 8.70. The van der Waals surface area contributed by atoms with Crippen LogP contribution >= 0.6 is 15.9 Å². The molecule has 2 heterocycles. The van der Waals surface area contributed by atoms with E-state index in [1.54, 1.807) is 4.68 Å². The highest BCUT2D eigenvalue weighted by molar-refractivity contribution is 9.10. The number of carbonyl (C=O) groups is 2. The van der Waals surface area contributed by atoms with Gasteiger partial charge in [0.1, 0.15) is 5.82 Å². The molecule has 4 rings (SSSR count). The Balaban J connectivity index is 1.80. The summed E-state index contributed by atoms with van der Waals surface area (Å²) in [7, 11) is 0. The van der Waals surface area contributed by atoms with Gasteiger partial charge in [0.25, 0.3) is 0 Å². The molecule has 1 amide bonds. The van der Waals surface area contributed by atoms with Crippen LogP contribution in [0.1, 0.15) is 39.5 Å². The molecule has 0 bridgehead atoms. The van der Waals surface area contributed by atoms with E-state index in [4.69, 9.17) is 0 Å². The molecule has 1 N–H and O–H groups in total. The minimum atomic E-state index is -0.527. The number of hydrogen-bond donors (Lipinski definition) is 1. The van der Waals surface area contributed by atoms with E-state index in [1.807, 2.05) is 62.4 Å². The van der Waals surface area contributed by atoms with E-state index in [0.717, 1.165) is 27.0 Å². The number of ketones is 1. The maximum Gasteiger partial charge on any atom is 0.226 e. The fourth-order valence-electron chi connectivity index (χ4n) is 3.46. The molecule has 3 aromatic rings. The minimum Gasteiger partial charge on any atom is -0.310 e. The van der Waals surface area contributed by atoms with Gasteiger partial charge in [-0.05, 0) is 38.1 Å². The van der Waals surface area contributed by atoms with Crippen LogP contribution in [-0.2, 0) is 4.79 Å². The average molecular weight is 424 g/mol. The Morgan fingerprint density at radius 3 is 2.44 bits per heavy atom. The van der Waals surface area contributed by atoms with Crippen LogP contribution in [0.25, 0.3) is 5.69 Å². The summed E-state index contributed by atoms with van der Waals surface area (Å²) in [4.78, 5) is 25.5. The number of aryl methyl sites for hydroxylation is 2. The molecular weight excluding hydrogens is 406 g/mol. The third-order valence-electron chi connectivity index (χ3n) is 4.83. The second kappa shape index (κ2) is 6.78. The lowest BCUT2D eigenvalue weighted by molar-refractivity contribution is -0.116. The van der Waals surface area contributed by atoms with Crippen LogP contribution < -0.4 is 5.32 Å². The lowest BCUT2D eigenvalue weighted by atomic mass is 9.85. The predicted octanol–water partition coefficient (Wildman–Crippen LogP) is 4.56. The zero-order chi connectivity index (χ0) is 19.1. The van der Waals surface area contributed by atoms with Crippen LogP contribution in [0.15, 0.2) is 53.0 Å². The van der Waals surface area contributed by atoms with Crippen molar-refractivity contribution in [2.24, 2.45) is 0 Å². The van der Waals surface area contributed by atoms with Gasteiger partial charge in [-0.2, -0.15) is 5.10 Å². The summed E-state index contributed by atoms with van der Waals surface area (Å²) in [6.45, 7) is 3.86. The Bertz CT molecular complexity index is 1040. The van der Waals surface area contributed by atoms with Crippen molar-refractivity contribution < 1.29 is 9.59 Å². The molecule has 136 valence electrons. The summed E-state index contributed by atoms with van der Waals surface area (Å²) in [5.41, 5.74) is 4.07. The Labute approximate surface area is 165 Å². The number of nitrogens with one attached hydrogen (secondary N) is 1. The predicted molar refractivity (Wildman–Crippen MR) is 107 cm³/mol. The highest BCUT2D eigenvalue weighted by Crippen LogP contribution is 2.38. The SMILES string of the molecule is Cc1ccc(C(=O)[C@@H]2CC(=O)Nc3c2c(C)nn3-c2ccc(Br)cc2)cc1. The second-order valence-electron chi connectivity index (χ2n) is 6.77. The molecule has 0 unspecified atom stereocenters. The van der Waals surface area contributed by atoms with Crippen LogP contribution in [0.2, 0.25) is 0 Å². The van der Waals surface area contributed by atoms with Crippen molar-refractivity contribution in [2.45, 2.75) is 26.2 Å². The first-order valence-corrected chi connectivity index (χ1v) is 9.49. The standard InChI is InChI=1S/C21H18BrN3O2/c1-12-3-5-14(6-4-12)20(27)17-11-18(26)23-21-19(17)13(2)24-25(21)16-9-7-15(22)8-10-16/h3-10,17H,11H2,1-2H3,(H,23,26)/t17-/m1/s1. The number of rotatable bonds is 3. The van der Waals surface area contributed by atoms with Crippen molar-refractivity contribution in [3.05, 3.63) is 75.4 Å². The van der Waals surface area contributed by atoms with E-state index < -0.39 is 5.92 Å². The Hall–Kier alpha value is -2.73. The fourth-order valence-corrected chi connectivity index (χ4v) is 3.72. The molecule has 2 aromatic carbocycles. The number of hydrogen-bond acceptors (Lipinski definition) is 3. The second-order valence-corrected chi connectivity index (χ2v) is 7.69. The zero-order valence-electron chi connectivity index (χ0n) is 15.0. The summed E-state index contributed by atoms with van der Waals surface area (Å²) in [6.07, 6.45) is 0.132. The minimum absolute atomic E-state index is 0.0513. The van der Waals surface area contributed by atoms with Crippen LogP contribution in [0.4, 0.5) is 5.82 Å². The van der Waals surface area contributed by atoms with Gasteiger partial charge in [-0.15, -0.1) is 0 Å². The Morgan fingerprint density at radius 2 is 1.78 bits per heavy atom. The molecule has 0 saturated carbocycles. The average Bonchev–Trinajstić information content (AvgIpc) is 2.98. The highest BCUT2D eigenvalue weighted by atomic mass is 79.9. The molecule has 0 radical (unpaired) electrons. The molecule has 1 atom stereocenters. The summed E-state index contributed by atoms with van der Waals surface area (Å²) in [6, 6.07) is 15.1. The van der Waals surface area contributed by atoms with Crippen molar-refractivity contribution in [2.75, 3.05) is 5.32 Å². The number of nitrogens with zero attached hydrogens (tertiary/aromatic N) is 2. The van der Waals surface area contributed by atoms with Crippen molar-refractivity contribution in [1.29, 1.82) is 0 Å². The summed E-state index contributed by atoms with van der Waals surface area (Å²) in [5.74, 6) is -0.173. The third kappa shape index (κ3) is 3.21. The third-order valence-corrected chi connectivity index (χ3v) is 5.35. The van der Waals surface area contributed by atoms with Gasteiger partial charge in [0, 0.05) is 22.0 Å². The molecule has 27 heavy (non-hydrogen) atoms. The number of benzene rings is 2. The normalized spacial score (nSPS) is 16.0. The number of anilines is 1. The fraction of sp³-hybridized carbons (Fsp3) is 0.190. The van der Waals surface area contributed by atoms with E-state index >= 15 is 0 Å². The van der Waals surface area contributed by atoms with Gasteiger partial charge in [-0.1, -0.05) is 45.8 Å². The topological polar surface area (TPSA) is 64.0 Å². The van der Waals surface area contributed by atoms with E-state index in [2.05, 4.69) is 26.3 Å². The number of carbonyl (C=O) groups excluding carboxylic acids is 2. The molecule has 0 spiro atoms. The smallest absolute Gasteiger partial charge is 0.226 e. The molecule has 0 saturated heterocycles. The lowest BCUT2D eigenvalue weighted by Gasteiger charge is -2.23. The van der Waals surface area contributed by atoms with Gasteiger partial charge in [0.05, 0.1) is 17.3 Å². The maximum atomic E-state index is 13.1. The van der Waals surface area contributed by atoms with Crippen LogP contribution in [0.3, 0.4) is 0 Å². The summed E-state index contributed by atoms with van der Waals surface area (Å²) < 4.78 is 2.66. The van der Waals surface area contributed by atoms with E-state index in [1.165, 1.54) is 0 Å². The van der Waals surface area contributed by atoms with Crippen LogP contribution in [0, 0.1) is 13.8 Å². The molecule has 6 heteroatoms. The summed E-state index contributed by atoms with van der Waals surface area (Å²) >= 11 is 3.42. The molecule has 1 aliphatic rings. The molecule has 0 fully saturated rings. The summed E-state index contributed by atoms with van der Waals surface area (Å²) in [5, 5.41) is 7.51. The van der Waals surface area contributed by atoms with Crippen LogP contribution in [-0.4, -0.2) is 21.5 Å². The zero-order valence-corrected chi connectivity index (χ0v) is 16.6. The molecule has 1 aromatic heterocycles. The monoisotopic (exact) mass is 423 g/mol. The number of halogens is 1. The van der Waals surface area contributed by atoms with Gasteiger partial charge in [0.2, 0.25) is 5.91 Å². The van der Waals surface area contributed by atoms with Crippen molar-refractivity contribution >= 4 is 33.4 Å².